The summed E-state index contributed by atoms with van der Waals surface area (Å²) in [4.78, 5) is 0. The van der Waals surface area contributed by atoms with Gasteiger partial charge in [0.15, 0.2) is 0 Å². The van der Waals surface area contributed by atoms with Crippen LogP contribution in [0.15, 0.2) is 46.3 Å². The van der Waals surface area contributed by atoms with Gasteiger partial charge in [-0.2, -0.15) is 0 Å². The van der Waals surface area contributed by atoms with Crippen molar-refractivity contribution in [3.05, 3.63) is 68.2 Å². The first kappa shape index (κ1) is 15.0. The number of thiophene rings is 1. The van der Waals surface area contributed by atoms with Gasteiger partial charge >= 0.3 is 0 Å². The van der Waals surface area contributed by atoms with E-state index < -0.39 is 0 Å². The van der Waals surface area contributed by atoms with Crippen LogP contribution >= 0.6 is 38.9 Å². The maximum atomic E-state index is 14.2. The monoisotopic (exact) mass is 383 g/mol. The van der Waals surface area contributed by atoms with Crippen LogP contribution < -0.4 is 5.32 Å². The highest BCUT2D eigenvalue weighted by molar-refractivity contribution is 9.10. The van der Waals surface area contributed by atoms with Crippen LogP contribution in [0.1, 0.15) is 17.2 Å². The molecule has 3 aromatic rings. The minimum atomic E-state index is -0.256. The number of hydrogen-bond donors (Lipinski definition) is 1. The van der Waals surface area contributed by atoms with Gasteiger partial charge in [0.2, 0.25) is 0 Å². The first-order valence-electron chi connectivity index (χ1n) is 6.39. The molecule has 1 unspecified atom stereocenters. The summed E-state index contributed by atoms with van der Waals surface area (Å²) in [6.07, 6.45) is 0. The molecule has 1 nitrogen and oxygen atoms in total. The lowest BCUT2D eigenvalue weighted by atomic mass is 9.98. The van der Waals surface area contributed by atoms with E-state index in [1.54, 1.807) is 23.5 Å². The fourth-order valence-electron chi connectivity index (χ4n) is 2.48. The summed E-state index contributed by atoms with van der Waals surface area (Å²) in [7, 11) is 1.83. The van der Waals surface area contributed by atoms with Crippen molar-refractivity contribution in [2.75, 3.05) is 7.05 Å². The molecule has 0 bridgehead atoms. The predicted octanol–water partition coefficient (Wildman–Crippen LogP) is 5.77. The van der Waals surface area contributed by atoms with E-state index in [1.807, 2.05) is 19.2 Å². The molecule has 0 fully saturated rings. The van der Waals surface area contributed by atoms with Crippen molar-refractivity contribution >= 4 is 49.0 Å². The van der Waals surface area contributed by atoms with Crippen molar-refractivity contribution in [2.24, 2.45) is 0 Å². The topological polar surface area (TPSA) is 12.0 Å². The summed E-state index contributed by atoms with van der Waals surface area (Å²) in [6, 6.07) is 10.5. The zero-order valence-corrected chi connectivity index (χ0v) is 14.3. The van der Waals surface area contributed by atoms with Crippen LogP contribution in [0.25, 0.3) is 10.1 Å². The Morgan fingerprint density at radius 3 is 2.81 bits per heavy atom. The number of nitrogens with one attached hydrogen (secondary N) is 1. The van der Waals surface area contributed by atoms with E-state index in [0.29, 0.717) is 10.6 Å². The van der Waals surface area contributed by atoms with Gasteiger partial charge in [-0.15, -0.1) is 11.3 Å². The second-order valence-electron chi connectivity index (χ2n) is 4.70. The van der Waals surface area contributed by atoms with Gasteiger partial charge in [-0.1, -0.05) is 23.7 Å². The normalized spacial score (nSPS) is 12.8. The number of hydrogen-bond acceptors (Lipinski definition) is 2. The van der Waals surface area contributed by atoms with E-state index in [-0.39, 0.29) is 11.9 Å². The van der Waals surface area contributed by atoms with E-state index in [9.17, 15) is 4.39 Å². The Labute approximate surface area is 139 Å². The van der Waals surface area contributed by atoms with Crippen molar-refractivity contribution in [3.8, 4) is 0 Å². The first-order chi connectivity index (χ1) is 10.1. The van der Waals surface area contributed by atoms with Crippen LogP contribution in [0.3, 0.4) is 0 Å². The molecule has 0 aliphatic heterocycles. The molecule has 1 N–H and O–H groups in total. The second kappa shape index (κ2) is 6.05. The van der Waals surface area contributed by atoms with E-state index in [2.05, 4.69) is 32.7 Å². The molecule has 5 heteroatoms. The lowest BCUT2D eigenvalue weighted by Crippen LogP contribution is -2.18. The van der Waals surface area contributed by atoms with Crippen molar-refractivity contribution in [1.29, 1.82) is 0 Å². The summed E-state index contributed by atoms with van der Waals surface area (Å²) in [5, 5.41) is 6.91. The third-order valence-corrected chi connectivity index (χ3v) is 5.66. The van der Waals surface area contributed by atoms with E-state index in [0.717, 1.165) is 20.1 Å². The van der Waals surface area contributed by atoms with Gasteiger partial charge < -0.3 is 5.32 Å². The smallest absolute Gasteiger partial charge is 0.128 e. The van der Waals surface area contributed by atoms with Crippen LogP contribution in [-0.4, -0.2) is 7.05 Å². The molecule has 0 saturated carbocycles. The van der Waals surface area contributed by atoms with Crippen molar-refractivity contribution in [2.45, 2.75) is 6.04 Å². The zero-order valence-electron chi connectivity index (χ0n) is 11.2. The molecule has 3 rings (SSSR count). The maximum absolute atomic E-state index is 14.2. The molecule has 2 aromatic carbocycles. The van der Waals surface area contributed by atoms with Gasteiger partial charge in [0.05, 0.1) is 6.04 Å². The Hall–Kier alpha value is -0.940. The van der Waals surface area contributed by atoms with E-state index >= 15 is 0 Å². The molecule has 0 radical (unpaired) electrons. The van der Waals surface area contributed by atoms with Crippen molar-refractivity contribution in [3.63, 3.8) is 0 Å². The fraction of sp³-hybridized carbons (Fsp3) is 0.125. The molecule has 21 heavy (non-hydrogen) atoms. The minimum Gasteiger partial charge on any atom is -0.309 e. The zero-order chi connectivity index (χ0) is 15.0. The van der Waals surface area contributed by atoms with Gasteiger partial charge in [0.1, 0.15) is 5.82 Å². The van der Waals surface area contributed by atoms with Crippen LogP contribution in [0.4, 0.5) is 4.39 Å². The molecular formula is C16H12BrClFNS. The van der Waals surface area contributed by atoms with Gasteiger partial charge in [0, 0.05) is 19.8 Å². The highest BCUT2D eigenvalue weighted by Crippen LogP contribution is 2.38. The van der Waals surface area contributed by atoms with Crippen molar-refractivity contribution in [1.82, 2.24) is 5.32 Å². The summed E-state index contributed by atoms with van der Waals surface area (Å²) >= 11 is 11.2. The number of fused-ring (bicyclic) bond motifs is 1. The van der Waals surface area contributed by atoms with Crippen LogP contribution in [-0.2, 0) is 0 Å². The molecule has 108 valence electrons. The quantitative estimate of drug-likeness (QED) is 0.605. The molecule has 0 amide bonds. The molecule has 1 heterocycles. The Balaban J connectivity index is 2.19. The summed E-state index contributed by atoms with van der Waals surface area (Å²) in [5.74, 6) is -0.256. The third-order valence-electron chi connectivity index (χ3n) is 3.45. The maximum Gasteiger partial charge on any atom is 0.128 e. The molecule has 1 aromatic heterocycles. The lowest BCUT2D eigenvalue weighted by molar-refractivity contribution is 0.578. The minimum absolute atomic E-state index is 0.230. The Morgan fingerprint density at radius 1 is 1.24 bits per heavy atom. The molecule has 0 saturated heterocycles. The van der Waals surface area contributed by atoms with Gasteiger partial charge in [-0.05, 0) is 63.6 Å². The second-order valence-corrected chi connectivity index (χ2v) is 6.87. The van der Waals surface area contributed by atoms with Crippen LogP contribution in [0, 0.1) is 5.82 Å². The predicted molar refractivity (Wildman–Crippen MR) is 91.8 cm³/mol. The van der Waals surface area contributed by atoms with E-state index in [4.69, 9.17) is 11.6 Å². The van der Waals surface area contributed by atoms with Crippen LogP contribution in [0.2, 0.25) is 5.02 Å². The summed E-state index contributed by atoms with van der Waals surface area (Å²) in [5.41, 5.74) is 1.62. The number of rotatable bonds is 3. The first-order valence-corrected chi connectivity index (χ1v) is 8.44. The molecule has 1 atom stereocenters. The number of benzene rings is 2. The molecule has 0 aliphatic rings. The van der Waals surface area contributed by atoms with E-state index in [1.165, 1.54) is 6.07 Å². The van der Waals surface area contributed by atoms with Gasteiger partial charge in [-0.3, -0.25) is 0 Å². The largest absolute Gasteiger partial charge is 0.309 e. The SMILES string of the molecule is CNC(c1cc(Cl)ccc1F)c1csc2c(Br)cccc12. The summed E-state index contributed by atoms with van der Waals surface area (Å²) in [6.45, 7) is 0. The highest BCUT2D eigenvalue weighted by atomic mass is 79.9. The van der Waals surface area contributed by atoms with Crippen molar-refractivity contribution < 1.29 is 4.39 Å². The average Bonchev–Trinajstić information content (AvgIpc) is 2.89. The fourth-order valence-corrected chi connectivity index (χ4v) is 4.31. The van der Waals surface area contributed by atoms with Gasteiger partial charge in [-0.25, -0.2) is 4.39 Å². The lowest BCUT2D eigenvalue weighted by Gasteiger charge is -2.17. The standard InChI is InChI=1S/C16H12BrClFNS/c1-20-15(11-7-9(18)5-6-14(11)19)12-8-21-16-10(12)3-2-4-13(16)17/h2-8,15,20H,1H3. The molecule has 0 spiro atoms. The summed E-state index contributed by atoms with van der Waals surface area (Å²) < 4.78 is 16.4. The van der Waals surface area contributed by atoms with Crippen LogP contribution in [0.5, 0.6) is 0 Å². The average molecular weight is 385 g/mol. The molecule has 0 aliphatic carbocycles. The third kappa shape index (κ3) is 2.73. The Kier molecular flexibility index (Phi) is 4.31. The highest BCUT2D eigenvalue weighted by Gasteiger charge is 2.20. The molecular weight excluding hydrogens is 373 g/mol. The van der Waals surface area contributed by atoms with Gasteiger partial charge in [0.25, 0.3) is 0 Å². The Bertz CT molecular complexity index is 802. The number of halogens is 3. The Morgan fingerprint density at radius 2 is 2.05 bits per heavy atom.